The summed E-state index contributed by atoms with van der Waals surface area (Å²) < 4.78 is 13.7. The van der Waals surface area contributed by atoms with E-state index in [2.05, 4.69) is 10.3 Å². The number of amides is 1. The Balaban J connectivity index is 1.20. The topological polar surface area (TPSA) is 111 Å². The first kappa shape index (κ1) is 27.5. The number of carboxylic acids is 1. The van der Waals surface area contributed by atoms with Crippen molar-refractivity contribution in [2.75, 3.05) is 4.90 Å². The van der Waals surface area contributed by atoms with Gasteiger partial charge in [-0.3, -0.25) is 14.4 Å². The van der Waals surface area contributed by atoms with Crippen LogP contribution in [-0.2, 0) is 30.7 Å². The Labute approximate surface area is 256 Å². The summed E-state index contributed by atoms with van der Waals surface area (Å²) in [5.41, 5.74) is 6.11. The number of anilines is 2. The average Bonchev–Trinajstić information content (AvgIpc) is 3.68. The van der Waals surface area contributed by atoms with Crippen LogP contribution in [0.2, 0.25) is 5.02 Å². The molecule has 3 heterocycles. The monoisotopic (exact) mass is 616 g/mol. The molecule has 1 saturated carbocycles. The van der Waals surface area contributed by atoms with Gasteiger partial charge in [-0.25, -0.2) is 4.79 Å². The number of benzene rings is 3. The fourth-order valence-electron chi connectivity index (χ4n) is 5.81. The second-order valence-corrected chi connectivity index (χ2v) is 11.5. The van der Waals surface area contributed by atoms with E-state index < -0.39 is 5.97 Å². The van der Waals surface area contributed by atoms with Crippen LogP contribution in [0.15, 0.2) is 59.1 Å². The van der Waals surface area contributed by atoms with Gasteiger partial charge in [-0.15, -0.1) is 11.6 Å². The van der Waals surface area contributed by atoms with Crippen molar-refractivity contribution in [3.8, 4) is 17.0 Å². The molecule has 3 aromatic carbocycles. The number of nitrogens with zero attached hydrogens (tertiary/aromatic N) is 4. The molecule has 9 nitrogen and oxygen atoms in total. The van der Waals surface area contributed by atoms with Gasteiger partial charge < -0.3 is 14.4 Å². The Kier molecular flexibility index (Phi) is 6.86. The van der Waals surface area contributed by atoms with Crippen molar-refractivity contribution in [2.24, 2.45) is 7.05 Å². The van der Waals surface area contributed by atoms with E-state index in [4.69, 9.17) is 32.5 Å². The lowest BCUT2D eigenvalue weighted by Gasteiger charge is -2.30. The minimum atomic E-state index is -1.10. The second kappa shape index (κ2) is 10.7. The molecule has 0 atom stereocenters. The Morgan fingerprint density at radius 3 is 2.74 bits per heavy atom. The summed E-state index contributed by atoms with van der Waals surface area (Å²) in [5.74, 6) is 0.941. The molecule has 7 rings (SSSR count). The number of alkyl halides is 1. The maximum absolute atomic E-state index is 13.2. The number of aromatic nitrogens is 3. The lowest BCUT2D eigenvalue weighted by Crippen LogP contribution is -2.30. The predicted molar refractivity (Wildman–Crippen MR) is 162 cm³/mol. The first-order valence-corrected chi connectivity index (χ1v) is 14.9. The fourth-order valence-corrected chi connectivity index (χ4v) is 6.32. The third-order valence-electron chi connectivity index (χ3n) is 8.08. The van der Waals surface area contributed by atoms with Crippen molar-refractivity contribution >= 4 is 57.4 Å². The molecule has 11 heteroatoms. The van der Waals surface area contributed by atoms with E-state index in [9.17, 15) is 14.7 Å². The van der Waals surface area contributed by atoms with Gasteiger partial charge in [0.25, 0.3) is 0 Å². The molecule has 5 aromatic rings. The number of carbonyl (C=O) groups excluding carboxylic acids is 1. The Bertz CT molecular complexity index is 1930. The van der Waals surface area contributed by atoms with Crippen LogP contribution in [0.1, 0.15) is 58.1 Å². The van der Waals surface area contributed by atoms with E-state index in [0.29, 0.717) is 51.8 Å². The van der Waals surface area contributed by atoms with Crippen molar-refractivity contribution in [1.82, 2.24) is 14.9 Å². The summed E-state index contributed by atoms with van der Waals surface area (Å²) in [6.45, 7) is 0.238. The molecule has 1 aliphatic heterocycles. The molecular weight excluding hydrogens is 591 g/mol. The van der Waals surface area contributed by atoms with E-state index in [1.807, 2.05) is 36.4 Å². The number of hydrogen-bond acceptors (Lipinski definition) is 6. The smallest absolute Gasteiger partial charge is 0.357 e. The van der Waals surface area contributed by atoms with Gasteiger partial charge in [0.2, 0.25) is 5.91 Å². The number of aromatic carboxylic acids is 1. The highest BCUT2D eigenvalue weighted by Crippen LogP contribution is 2.46. The number of aryl methyl sites for hydroxylation is 2. The average molecular weight is 617 g/mol. The largest absolute Gasteiger partial charge is 0.489 e. The standard InChI is InChI=1S/C32H26Cl2N4O5/c1-37-26-14-20(8-10-22(26)30(35-37)32(40)41)38-25-11-9-21(13-18(25)7-12-27(38)39)42-16-23-29(36-43-31(23)17-5-6-17)28-19(15-33)3-2-4-24(28)34/h2-4,8-11,13-14,17H,5-7,12,15-16H2,1H3,(H,40,41). The van der Waals surface area contributed by atoms with Crippen molar-refractivity contribution in [3.05, 3.63) is 87.8 Å². The van der Waals surface area contributed by atoms with Crippen LogP contribution in [0.25, 0.3) is 22.2 Å². The van der Waals surface area contributed by atoms with Gasteiger partial charge in [0.1, 0.15) is 23.8 Å². The molecule has 218 valence electrons. The third-order valence-corrected chi connectivity index (χ3v) is 8.68. The van der Waals surface area contributed by atoms with Gasteiger partial charge in [-0.2, -0.15) is 5.10 Å². The van der Waals surface area contributed by atoms with Crippen LogP contribution in [0.3, 0.4) is 0 Å². The summed E-state index contributed by atoms with van der Waals surface area (Å²) in [6, 6.07) is 16.5. The fraction of sp³-hybridized carbons (Fsp3) is 0.250. The highest BCUT2D eigenvalue weighted by molar-refractivity contribution is 6.33. The molecule has 0 unspecified atom stereocenters. The Morgan fingerprint density at radius 1 is 1.14 bits per heavy atom. The summed E-state index contributed by atoms with van der Waals surface area (Å²) in [4.78, 5) is 26.4. The normalized spacial score (nSPS) is 14.8. The number of hydrogen-bond donors (Lipinski definition) is 1. The summed E-state index contributed by atoms with van der Waals surface area (Å²) in [7, 11) is 1.69. The lowest BCUT2D eigenvalue weighted by molar-refractivity contribution is -0.118. The molecule has 2 aromatic heterocycles. The van der Waals surface area contributed by atoms with Crippen molar-refractivity contribution in [1.29, 1.82) is 0 Å². The van der Waals surface area contributed by atoms with Crippen molar-refractivity contribution in [2.45, 2.75) is 44.1 Å². The summed E-state index contributed by atoms with van der Waals surface area (Å²) in [5, 5.41) is 19.1. The van der Waals surface area contributed by atoms with Crippen LogP contribution < -0.4 is 9.64 Å². The molecule has 0 radical (unpaired) electrons. The van der Waals surface area contributed by atoms with Gasteiger partial charge in [0.15, 0.2) is 5.69 Å². The number of rotatable bonds is 8. The number of halogens is 2. The van der Waals surface area contributed by atoms with Crippen LogP contribution in [0.4, 0.5) is 11.4 Å². The van der Waals surface area contributed by atoms with E-state index in [1.165, 1.54) is 4.68 Å². The maximum Gasteiger partial charge on any atom is 0.357 e. The lowest BCUT2D eigenvalue weighted by atomic mass is 9.99. The van der Waals surface area contributed by atoms with Gasteiger partial charge in [-0.1, -0.05) is 28.9 Å². The first-order valence-electron chi connectivity index (χ1n) is 13.9. The molecule has 1 N–H and O–H groups in total. The van der Waals surface area contributed by atoms with Crippen LogP contribution >= 0.6 is 23.2 Å². The van der Waals surface area contributed by atoms with Gasteiger partial charge in [0.05, 0.1) is 27.5 Å². The van der Waals surface area contributed by atoms with E-state index in [0.717, 1.165) is 46.5 Å². The maximum atomic E-state index is 13.2. The van der Waals surface area contributed by atoms with Gasteiger partial charge in [-0.05, 0) is 72.9 Å². The number of fused-ring (bicyclic) bond motifs is 2. The molecule has 0 spiro atoms. The van der Waals surface area contributed by atoms with Crippen molar-refractivity contribution < 1.29 is 24.0 Å². The zero-order valence-corrected chi connectivity index (χ0v) is 24.7. The first-order chi connectivity index (χ1) is 20.8. The van der Waals surface area contributed by atoms with Crippen LogP contribution in [-0.4, -0.2) is 31.9 Å². The molecular formula is C32H26Cl2N4O5. The summed E-state index contributed by atoms with van der Waals surface area (Å²) in [6.07, 6.45) is 2.98. The molecule has 1 amide bonds. The molecule has 0 bridgehead atoms. The molecule has 1 aliphatic carbocycles. The molecule has 2 aliphatic rings. The minimum absolute atomic E-state index is 0.0227. The second-order valence-electron chi connectivity index (χ2n) is 10.8. The predicted octanol–water partition coefficient (Wildman–Crippen LogP) is 7.39. The highest BCUT2D eigenvalue weighted by Gasteiger charge is 2.34. The Hall–Kier alpha value is -4.34. The zero-order chi connectivity index (χ0) is 29.8. The van der Waals surface area contributed by atoms with E-state index >= 15 is 0 Å². The SMILES string of the molecule is Cn1nc(C(=O)O)c2ccc(N3C(=O)CCc4cc(OCc5c(-c6c(Cl)cccc6CCl)noc5C5CC5)ccc43)cc21. The van der Waals surface area contributed by atoms with Crippen molar-refractivity contribution in [3.63, 3.8) is 0 Å². The highest BCUT2D eigenvalue weighted by atomic mass is 35.5. The number of ether oxygens (including phenoxy) is 1. The number of carbonyl (C=O) groups is 2. The minimum Gasteiger partial charge on any atom is -0.489 e. The van der Waals surface area contributed by atoms with E-state index in [1.54, 1.807) is 30.1 Å². The summed E-state index contributed by atoms with van der Waals surface area (Å²) >= 11 is 12.8. The quantitative estimate of drug-likeness (QED) is 0.181. The molecule has 1 fully saturated rings. The van der Waals surface area contributed by atoms with Crippen LogP contribution in [0.5, 0.6) is 5.75 Å². The molecule has 43 heavy (non-hydrogen) atoms. The van der Waals surface area contributed by atoms with Gasteiger partial charge >= 0.3 is 5.97 Å². The van der Waals surface area contributed by atoms with Crippen LogP contribution in [0, 0.1) is 0 Å². The van der Waals surface area contributed by atoms with Gasteiger partial charge in [0, 0.05) is 36.2 Å². The third kappa shape index (κ3) is 4.82. The molecule has 0 saturated heterocycles. The zero-order valence-electron chi connectivity index (χ0n) is 23.1. The number of carboxylic acid groups (broad SMARTS) is 1. The van der Waals surface area contributed by atoms with E-state index in [-0.39, 0.29) is 24.1 Å². The Morgan fingerprint density at radius 2 is 1.98 bits per heavy atom.